The van der Waals surface area contributed by atoms with Gasteiger partial charge in [-0.1, -0.05) is 18.2 Å². The first kappa shape index (κ1) is 13.8. The molecule has 1 heterocycles. The second-order valence-electron chi connectivity index (χ2n) is 4.48. The molecule has 0 atom stereocenters. The third-order valence-electron chi connectivity index (χ3n) is 3.17. The predicted octanol–water partition coefficient (Wildman–Crippen LogP) is 2.17. The maximum Gasteiger partial charge on any atom is 0.129 e. The summed E-state index contributed by atoms with van der Waals surface area (Å²) in [6.07, 6.45) is 0. The maximum atomic E-state index is 5.84. The van der Waals surface area contributed by atoms with Crippen molar-refractivity contribution in [1.29, 1.82) is 0 Å². The van der Waals surface area contributed by atoms with Crippen molar-refractivity contribution in [2.24, 2.45) is 5.73 Å². The summed E-state index contributed by atoms with van der Waals surface area (Å²) >= 11 is 0. The zero-order valence-electron chi connectivity index (χ0n) is 11.6. The number of hydrogen-bond acceptors (Lipinski definition) is 4. The lowest BCUT2D eigenvalue weighted by Gasteiger charge is -2.19. The van der Waals surface area contributed by atoms with Crippen LogP contribution in [0.2, 0.25) is 0 Å². The fourth-order valence-electron chi connectivity index (χ4n) is 2.06. The van der Waals surface area contributed by atoms with Gasteiger partial charge in [0.05, 0.1) is 12.1 Å². The fraction of sp³-hybridized carbons (Fsp3) is 0.400. The number of pyridine rings is 1. The number of nitrogens with two attached hydrogens (primary N) is 1. The second-order valence-corrected chi connectivity index (χ2v) is 4.48. The highest BCUT2D eigenvalue weighted by atomic mass is 16.5. The summed E-state index contributed by atoms with van der Waals surface area (Å²) in [6, 6.07) is 10.2. The molecule has 1 aromatic carbocycles. The molecule has 0 amide bonds. The van der Waals surface area contributed by atoms with E-state index in [0.717, 1.165) is 35.4 Å². The first-order valence-corrected chi connectivity index (χ1v) is 6.64. The van der Waals surface area contributed by atoms with Crippen molar-refractivity contribution in [3.05, 3.63) is 35.9 Å². The molecule has 0 aliphatic heterocycles. The average molecular weight is 259 g/mol. The molecule has 0 aliphatic rings. The number of likely N-dealkylation sites (N-methyl/N-ethyl adjacent to an activating group) is 1. The van der Waals surface area contributed by atoms with Gasteiger partial charge in [0.15, 0.2) is 0 Å². The Morgan fingerprint density at radius 2 is 2.11 bits per heavy atom. The Morgan fingerprint density at radius 1 is 1.32 bits per heavy atom. The van der Waals surface area contributed by atoms with Gasteiger partial charge in [-0.15, -0.1) is 0 Å². The summed E-state index contributed by atoms with van der Waals surface area (Å²) < 4.78 is 5.38. The first-order valence-electron chi connectivity index (χ1n) is 6.64. The minimum Gasteiger partial charge on any atom is -0.380 e. The minimum absolute atomic E-state index is 0.523. The van der Waals surface area contributed by atoms with E-state index in [-0.39, 0.29) is 0 Å². The molecule has 0 unspecified atom stereocenters. The Balaban J connectivity index is 2.28. The Hall–Kier alpha value is -1.65. The van der Waals surface area contributed by atoms with Crippen LogP contribution in [0.1, 0.15) is 12.5 Å². The molecule has 2 aromatic rings. The van der Waals surface area contributed by atoms with Crippen LogP contribution in [-0.2, 0) is 11.3 Å². The number of aromatic nitrogens is 1. The van der Waals surface area contributed by atoms with Crippen molar-refractivity contribution in [3.63, 3.8) is 0 Å². The largest absolute Gasteiger partial charge is 0.380 e. The summed E-state index contributed by atoms with van der Waals surface area (Å²) in [5, 5.41) is 1.13. The molecule has 0 saturated heterocycles. The van der Waals surface area contributed by atoms with E-state index in [0.29, 0.717) is 13.2 Å². The maximum absolute atomic E-state index is 5.84. The number of rotatable bonds is 6. The van der Waals surface area contributed by atoms with Crippen LogP contribution in [0.4, 0.5) is 5.82 Å². The topological polar surface area (TPSA) is 51.4 Å². The summed E-state index contributed by atoms with van der Waals surface area (Å²) in [5.41, 5.74) is 7.95. The van der Waals surface area contributed by atoms with Gasteiger partial charge in [-0.2, -0.15) is 0 Å². The van der Waals surface area contributed by atoms with Crippen LogP contribution < -0.4 is 10.6 Å². The van der Waals surface area contributed by atoms with Gasteiger partial charge >= 0.3 is 0 Å². The molecular formula is C15H21N3O. The third-order valence-corrected chi connectivity index (χ3v) is 3.17. The monoisotopic (exact) mass is 259 g/mol. The Labute approximate surface area is 114 Å². The highest BCUT2D eigenvalue weighted by molar-refractivity contribution is 5.84. The molecular weight excluding hydrogens is 238 g/mol. The van der Waals surface area contributed by atoms with E-state index in [9.17, 15) is 0 Å². The van der Waals surface area contributed by atoms with Crippen molar-refractivity contribution >= 4 is 16.7 Å². The molecule has 0 bridgehead atoms. The number of benzene rings is 1. The Bertz CT molecular complexity index is 542. The van der Waals surface area contributed by atoms with Gasteiger partial charge in [0.25, 0.3) is 0 Å². The van der Waals surface area contributed by atoms with Crippen LogP contribution >= 0.6 is 0 Å². The molecule has 4 heteroatoms. The zero-order valence-corrected chi connectivity index (χ0v) is 11.6. The van der Waals surface area contributed by atoms with Gasteiger partial charge in [-0.05, 0) is 24.6 Å². The summed E-state index contributed by atoms with van der Waals surface area (Å²) in [4.78, 5) is 6.78. The van der Waals surface area contributed by atoms with Crippen LogP contribution in [0.3, 0.4) is 0 Å². The van der Waals surface area contributed by atoms with E-state index < -0.39 is 0 Å². The zero-order chi connectivity index (χ0) is 13.7. The second kappa shape index (κ2) is 6.50. The van der Waals surface area contributed by atoms with Gasteiger partial charge in [0, 0.05) is 32.1 Å². The number of nitrogens with zero attached hydrogens (tertiary/aromatic N) is 2. The number of hydrogen-bond donors (Lipinski definition) is 1. The van der Waals surface area contributed by atoms with E-state index in [1.165, 1.54) is 0 Å². The molecule has 4 nitrogen and oxygen atoms in total. The van der Waals surface area contributed by atoms with Crippen LogP contribution in [0.15, 0.2) is 30.3 Å². The molecule has 0 spiro atoms. The number of fused-ring (bicyclic) bond motifs is 1. The normalized spacial score (nSPS) is 10.9. The van der Waals surface area contributed by atoms with E-state index >= 15 is 0 Å². The molecule has 2 rings (SSSR count). The van der Waals surface area contributed by atoms with E-state index in [1.54, 1.807) is 0 Å². The van der Waals surface area contributed by atoms with Crippen LogP contribution in [0.5, 0.6) is 0 Å². The van der Waals surface area contributed by atoms with Gasteiger partial charge in [0.2, 0.25) is 0 Å². The Kier molecular flexibility index (Phi) is 4.71. The molecule has 0 saturated carbocycles. The molecule has 0 radical (unpaired) electrons. The van der Waals surface area contributed by atoms with Gasteiger partial charge in [0.1, 0.15) is 5.82 Å². The molecule has 19 heavy (non-hydrogen) atoms. The van der Waals surface area contributed by atoms with E-state index in [1.807, 2.05) is 32.2 Å². The van der Waals surface area contributed by atoms with Gasteiger partial charge < -0.3 is 15.4 Å². The fourth-order valence-corrected chi connectivity index (χ4v) is 2.06. The molecule has 102 valence electrons. The molecule has 0 fully saturated rings. The third kappa shape index (κ3) is 3.22. The lowest BCUT2D eigenvalue weighted by Crippen LogP contribution is -2.23. The Morgan fingerprint density at radius 3 is 2.84 bits per heavy atom. The summed E-state index contributed by atoms with van der Waals surface area (Å²) in [5.74, 6) is 0.943. The van der Waals surface area contributed by atoms with Crippen molar-refractivity contribution in [2.45, 2.75) is 13.5 Å². The lowest BCUT2D eigenvalue weighted by molar-refractivity contribution is 0.154. The summed E-state index contributed by atoms with van der Waals surface area (Å²) in [6.45, 7) is 4.80. The lowest BCUT2D eigenvalue weighted by atomic mass is 10.1. The van der Waals surface area contributed by atoms with Crippen molar-refractivity contribution in [1.82, 2.24) is 4.98 Å². The van der Waals surface area contributed by atoms with Gasteiger partial charge in [-0.3, -0.25) is 0 Å². The predicted molar refractivity (Wildman–Crippen MR) is 79.4 cm³/mol. The molecule has 2 N–H and O–H groups in total. The quantitative estimate of drug-likeness (QED) is 0.808. The SMILES string of the molecule is CCOCCN(C)c1cc(CN)c2ccccc2n1. The standard InChI is InChI=1S/C15H21N3O/c1-3-19-9-8-18(2)15-10-12(11-16)13-6-4-5-7-14(13)17-15/h4-7,10H,3,8-9,11,16H2,1-2H3. The highest BCUT2D eigenvalue weighted by Gasteiger charge is 2.07. The van der Waals surface area contributed by atoms with Crippen LogP contribution in [-0.4, -0.2) is 31.8 Å². The molecule has 0 aliphatic carbocycles. The van der Waals surface area contributed by atoms with E-state index in [2.05, 4.69) is 22.0 Å². The van der Waals surface area contributed by atoms with Crippen molar-refractivity contribution in [3.8, 4) is 0 Å². The summed E-state index contributed by atoms with van der Waals surface area (Å²) in [7, 11) is 2.02. The smallest absolute Gasteiger partial charge is 0.129 e. The number of anilines is 1. The average Bonchev–Trinajstić information content (AvgIpc) is 2.46. The number of para-hydroxylation sites is 1. The van der Waals surface area contributed by atoms with E-state index in [4.69, 9.17) is 10.5 Å². The van der Waals surface area contributed by atoms with Crippen molar-refractivity contribution in [2.75, 3.05) is 31.7 Å². The minimum atomic E-state index is 0.523. The molecule has 1 aromatic heterocycles. The first-order chi connectivity index (χ1) is 9.26. The van der Waals surface area contributed by atoms with Crippen LogP contribution in [0, 0.1) is 0 Å². The highest BCUT2D eigenvalue weighted by Crippen LogP contribution is 2.21. The number of ether oxygens (including phenoxy) is 1. The van der Waals surface area contributed by atoms with Crippen LogP contribution in [0.25, 0.3) is 10.9 Å². The van der Waals surface area contributed by atoms with Gasteiger partial charge in [-0.25, -0.2) is 4.98 Å². The van der Waals surface area contributed by atoms with Crippen molar-refractivity contribution < 1.29 is 4.74 Å².